The van der Waals surface area contributed by atoms with Crippen LogP contribution in [0.25, 0.3) is 10.9 Å². The number of amides is 1. The molecule has 1 unspecified atom stereocenters. The molecular formula is C25H24ClN5O4. The minimum Gasteiger partial charge on any atom is -0.491 e. The topological polar surface area (TPSA) is 118 Å². The van der Waals surface area contributed by atoms with Crippen molar-refractivity contribution < 1.29 is 19.4 Å². The molecule has 9 nitrogen and oxygen atoms in total. The van der Waals surface area contributed by atoms with Crippen molar-refractivity contribution in [2.45, 2.75) is 19.6 Å². The van der Waals surface area contributed by atoms with Gasteiger partial charge in [0.15, 0.2) is 0 Å². The van der Waals surface area contributed by atoms with Crippen LogP contribution < -0.4 is 20.1 Å². The molecule has 0 aliphatic carbocycles. The summed E-state index contributed by atoms with van der Waals surface area (Å²) < 4.78 is 11.7. The van der Waals surface area contributed by atoms with Gasteiger partial charge in [-0.3, -0.25) is 9.78 Å². The molecule has 35 heavy (non-hydrogen) atoms. The number of anilines is 2. The number of carbonyl (C=O) groups excluding carboxylic acids is 1. The molecule has 3 N–H and O–H groups in total. The van der Waals surface area contributed by atoms with Crippen molar-refractivity contribution in [1.82, 2.24) is 20.3 Å². The summed E-state index contributed by atoms with van der Waals surface area (Å²) in [5.41, 5.74) is 2.20. The monoisotopic (exact) mass is 493 g/mol. The standard InChI is InChI=1S/C25H24ClN5O4/c1-16(32)25(33)28-11-12-34-22-7-4-6-20-23(22)24(30-15-29-20)31-17-8-9-21(19(26)13-17)35-14-18-5-2-3-10-27-18/h2-10,13,15-16,32H,11-12,14H2,1H3,(H,28,33)(H,29,30,31). The average Bonchev–Trinajstić information content (AvgIpc) is 2.86. The molecule has 0 aliphatic rings. The molecule has 0 radical (unpaired) electrons. The van der Waals surface area contributed by atoms with Crippen LogP contribution in [0, 0.1) is 0 Å². The van der Waals surface area contributed by atoms with Gasteiger partial charge in [0.1, 0.15) is 43.0 Å². The van der Waals surface area contributed by atoms with Gasteiger partial charge in [0.05, 0.1) is 28.2 Å². The molecule has 4 rings (SSSR count). The summed E-state index contributed by atoms with van der Waals surface area (Å²) in [6, 6.07) is 16.5. The number of halogens is 1. The highest BCUT2D eigenvalue weighted by Crippen LogP contribution is 2.34. The maximum absolute atomic E-state index is 11.5. The van der Waals surface area contributed by atoms with Crippen molar-refractivity contribution in [3.8, 4) is 11.5 Å². The van der Waals surface area contributed by atoms with Gasteiger partial charge in [-0.2, -0.15) is 0 Å². The van der Waals surface area contributed by atoms with E-state index in [1.165, 1.54) is 13.3 Å². The summed E-state index contributed by atoms with van der Waals surface area (Å²) in [6.45, 7) is 2.16. The Bertz CT molecular complexity index is 1300. The van der Waals surface area contributed by atoms with E-state index < -0.39 is 12.0 Å². The molecule has 1 amide bonds. The highest BCUT2D eigenvalue weighted by Gasteiger charge is 2.13. The molecule has 1 atom stereocenters. The SMILES string of the molecule is CC(O)C(=O)NCCOc1cccc2ncnc(Nc3ccc(OCc4ccccn4)c(Cl)c3)c12. The minimum absolute atomic E-state index is 0.208. The highest BCUT2D eigenvalue weighted by molar-refractivity contribution is 6.32. The molecule has 0 saturated carbocycles. The zero-order valence-electron chi connectivity index (χ0n) is 18.9. The number of hydrogen-bond acceptors (Lipinski definition) is 8. The number of nitrogens with zero attached hydrogens (tertiary/aromatic N) is 3. The molecule has 180 valence electrons. The Morgan fingerprint density at radius 2 is 1.94 bits per heavy atom. The van der Waals surface area contributed by atoms with Crippen molar-refractivity contribution in [1.29, 1.82) is 0 Å². The largest absolute Gasteiger partial charge is 0.491 e. The number of ether oxygens (including phenoxy) is 2. The van der Waals surface area contributed by atoms with Crippen LogP contribution in [-0.4, -0.2) is 45.2 Å². The number of aliphatic hydroxyl groups is 1. The number of fused-ring (bicyclic) bond motifs is 1. The summed E-state index contributed by atoms with van der Waals surface area (Å²) in [5.74, 6) is 1.18. The molecule has 4 aromatic rings. The summed E-state index contributed by atoms with van der Waals surface area (Å²) in [4.78, 5) is 24.5. The number of pyridine rings is 1. The predicted octanol–water partition coefficient (Wildman–Crippen LogP) is 3.88. The van der Waals surface area contributed by atoms with E-state index in [-0.39, 0.29) is 13.2 Å². The van der Waals surface area contributed by atoms with E-state index in [1.807, 2.05) is 36.4 Å². The van der Waals surface area contributed by atoms with Crippen molar-refractivity contribution in [3.05, 3.63) is 77.8 Å². The van der Waals surface area contributed by atoms with Gasteiger partial charge >= 0.3 is 0 Å². The summed E-state index contributed by atoms with van der Waals surface area (Å²) in [6.07, 6.45) is 2.10. The molecule has 10 heteroatoms. The van der Waals surface area contributed by atoms with E-state index in [9.17, 15) is 9.90 Å². The fourth-order valence-corrected chi connectivity index (χ4v) is 3.48. The van der Waals surface area contributed by atoms with E-state index in [2.05, 4.69) is 25.6 Å². The van der Waals surface area contributed by atoms with Crippen LogP contribution in [0.4, 0.5) is 11.5 Å². The first-order valence-corrected chi connectivity index (χ1v) is 11.3. The zero-order valence-corrected chi connectivity index (χ0v) is 19.7. The highest BCUT2D eigenvalue weighted by atomic mass is 35.5. The van der Waals surface area contributed by atoms with Gasteiger partial charge in [-0.05, 0) is 49.4 Å². The third-order valence-corrected chi connectivity index (χ3v) is 5.25. The van der Waals surface area contributed by atoms with Crippen molar-refractivity contribution in [2.24, 2.45) is 0 Å². The number of nitrogens with one attached hydrogen (secondary N) is 2. The predicted molar refractivity (Wildman–Crippen MR) is 133 cm³/mol. The first-order valence-electron chi connectivity index (χ1n) is 10.9. The van der Waals surface area contributed by atoms with Crippen molar-refractivity contribution >= 4 is 39.9 Å². The Labute approximate surface area is 207 Å². The van der Waals surface area contributed by atoms with Crippen LogP contribution >= 0.6 is 11.6 Å². The molecule has 0 aliphatic heterocycles. The van der Waals surface area contributed by atoms with Gasteiger partial charge in [0.2, 0.25) is 5.91 Å². The fourth-order valence-electron chi connectivity index (χ4n) is 3.24. The first kappa shape index (κ1) is 24.2. The van der Waals surface area contributed by atoms with E-state index >= 15 is 0 Å². The van der Waals surface area contributed by atoms with Gasteiger partial charge in [0.25, 0.3) is 0 Å². The smallest absolute Gasteiger partial charge is 0.248 e. The number of aromatic nitrogens is 3. The number of carbonyl (C=O) groups is 1. The lowest BCUT2D eigenvalue weighted by atomic mass is 10.2. The molecule has 0 saturated heterocycles. The maximum atomic E-state index is 11.5. The maximum Gasteiger partial charge on any atom is 0.248 e. The van der Waals surface area contributed by atoms with E-state index in [4.69, 9.17) is 21.1 Å². The molecule has 2 aromatic carbocycles. The molecular weight excluding hydrogens is 470 g/mol. The van der Waals surface area contributed by atoms with Crippen LogP contribution in [0.5, 0.6) is 11.5 Å². The van der Waals surface area contributed by atoms with Crippen molar-refractivity contribution in [2.75, 3.05) is 18.5 Å². The van der Waals surface area contributed by atoms with Gasteiger partial charge in [-0.15, -0.1) is 0 Å². The Morgan fingerprint density at radius 1 is 1.06 bits per heavy atom. The summed E-state index contributed by atoms with van der Waals surface area (Å²) in [7, 11) is 0. The average molecular weight is 494 g/mol. The van der Waals surface area contributed by atoms with Crippen molar-refractivity contribution in [3.63, 3.8) is 0 Å². The lowest BCUT2D eigenvalue weighted by molar-refractivity contribution is -0.128. The van der Waals surface area contributed by atoms with Crippen LogP contribution in [0.2, 0.25) is 5.02 Å². The van der Waals surface area contributed by atoms with Crippen LogP contribution in [0.3, 0.4) is 0 Å². The Balaban J connectivity index is 1.47. The van der Waals surface area contributed by atoms with Crippen LogP contribution in [-0.2, 0) is 11.4 Å². The first-order chi connectivity index (χ1) is 17.0. The quantitative estimate of drug-likeness (QED) is 0.285. The van der Waals surface area contributed by atoms with E-state index in [0.717, 1.165) is 5.69 Å². The molecule has 0 spiro atoms. The number of benzene rings is 2. The lowest BCUT2D eigenvalue weighted by Crippen LogP contribution is -2.35. The number of aliphatic hydroxyl groups excluding tert-OH is 1. The second-order valence-electron chi connectivity index (χ2n) is 7.57. The van der Waals surface area contributed by atoms with Gasteiger partial charge in [0, 0.05) is 11.9 Å². The fraction of sp³-hybridized carbons (Fsp3) is 0.200. The van der Waals surface area contributed by atoms with Gasteiger partial charge < -0.3 is 25.2 Å². The van der Waals surface area contributed by atoms with Gasteiger partial charge in [-0.1, -0.05) is 23.7 Å². The Morgan fingerprint density at radius 3 is 2.71 bits per heavy atom. The number of rotatable bonds is 10. The second kappa shape index (κ2) is 11.5. The van der Waals surface area contributed by atoms with Gasteiger partial charge in [-0.25, -0.2) is 9.97 Å². The zero-order chi connectivity index (χ0) is 24.6. The Hall–Kier alpha value is -3.95. The molecule has 0 fully saturated rings. The third-order valence-electron chi connectivity index (χ3n) is 4.96. The summed E-state index contributed by atoms with van der Waals surface area (Å²) in [5, 5.41) is 16.3. The molecule has 0 bridgehead atoms. The Kier molecular flexibility index (Phi) is 7.92. The molecule has 2 heterocycles. The number of hydrogen-bond donors (Lipinski definition) is 3. The third kappa shape index (κ3) is 6.34. The van der Waals surface area contributed by atoms with Crippen LogP contribution in [0.1, 0.15) is 12.6 Å². The minimum atomic E-state index is -1.07. The molecule has 2 aromatic heterocycles. The lowest BCUT2D eigenvalue weighted by Gasteiger charge is -2.14. The van der Waals surface area contributed by atoms with E-state index in [0.29, 0.717) is 45.5 Å². The van der Waals surface area contributed by atoms with E-state index in [1.54, 1.807) is 24.4 Å². The van der Waals surface area contributed by atoms with Crippen LogP contribution in [0.15, 0.2) is 67.1 Å². The second-order valence-corrected chi connectivity index (χ2v) is 7.98. The summed E-state index contributed by atoms with van der Waals surface area (Å²) >= 11 is 6.45. The normalized spacial score (nSPS) is 11.6.